The molecule has 0 bridgehead atoms. The van der Waals surface area contributed by atoms with Crippen LogP contribution < -0.4 is 10.5 Å². The van der Waals surface area contributed by atoms with Crippen LogP contribution in [0.25, 0.3) is 10.8 Å². The SMILES string of the molecule is CCCC(CN)NS(=O)(=O)c1ccc2ccccc2c1. The number of hydrogen-bond donors (Lipinski definition) is 2. The van der Waals surface area contributed by atoms with Gasteiger partial charge in [-0.05, 0) is 29.3 Å². The molecule has 0 saturated heterocycles. The summed E-state index contributed by atoms with van der Waals surface area (Å²) in [6.45, 7) is 2.31. The maximum absolute atomic E-state index is 12.4. The Labute approximate surface area is 120 Å². The number of fused-ring (bicyclic) bond motifs is 1. The molecule has 2 aromatic carbocycles. The van der Waals surface area contributed by atoms with Crippen molar-refractivity contribution in [2.24, 2.45) is 5.73 Å². The molecular formula is C15H20N2O2S. The van der Waals surface area contributed by atoms with Crippen LogP contribution in [0.3, 0.4) is 0 Å². The second-order valence-electron chi connectivity index (χ2n) is 4.85. The van der Waals surface area contributed by atoms with Gasteiger partial charge in [-0.15, -0.1) is 0 Å². The topological polar surface area (TPSA) is 72.2 Å². The maximum atomic E-state index is 12.4. The number of nitrogens with one attached hydrogen (secondary N) is 1. The van der Waals surface area contributed by atoms with Crippen molar-refractivity contribution in [3.63, 3.8) is 0 Å². The van der Waals surface area contributed by atoms with E-state index < -0.39 is 10.0 Å². The molecule has 1 atom stereocenters. The third-order valence-electron chi connectivity index (χ3n) is 3.27. The highest BCUT2D eigenvalue weighted by Crippen LogP contribution is 2.19. The smallest absolute Gasteiger partial charge is 0.240 e. The van der Waals surface area contributed by atoms with Crippen LogP contribution >= 0.6 is 0 Å². The molecule has 20 heavy (non-hydrogen) atoms. The van der Waals surface area contributed by atoms with E-state index in [2.05, 4.69) is 4.72 Å². The van der Waals surface area contributed by atoms with Gasteiger partial charge < -0.3 is 5.73 Å². The predicted octanol–water partition coefficient (Wildman–Crippen LogP) is 2.25. The first-order valence-electron chi connectivity index (χ1n) is 6.78. The summed E-state index contributed by atoms with van der Waals surface area (Å²) >= 11 is 0. The molecule has 0 saturated carbocycles. The minimum atomic E-state index is -3.52. The summed E-state index contributed by atoms with van der Waals surface area (Å²) in [5, 5.41) is 1.94. The second-order valence-corrected chi connectivity index (χ2v) is 6.57. The van der Waals surface area contributed by atoms with Crippen LogP contribution in [0.5, 0.6) is 0 Å². The molecule has 0 amide bonds. The highest BCUT2D eigenvalue weighted by atomic mass is 32.2. The molecule has 0 aliphatic rings. The number of nitrogens with two attached hydrogens (primary N) is 1. The number of rotatable bonds is 6. The zero-order chi connectivity index (χ0) is 14.6. The molecule has 2 rings (SSSR count). The predicted molar refractivity (Wildman–Crippen MR) is 82.0 cm³/mol. The fraction of sp³-hybridized carbons (Fsp3) is 0.333. The van der Waals surface area contributed by atoms with Crippen molar-refractivity contribution in [3.05, 3.63) is 42.5 Å². The van der Waals surface area contributed by atoms with E-state index in [0.717, 1.165) is 23.6 Å². The lowest BCUT2D eigenvalue weighted by Gasteiger charge is -2.16. The summed E-state index contributed by atoms with van der Waals surface area (Å²) in [6, 6.07) is 12.6. The van der Waals surface area contributed by atoms with Crippen molar-refractivity contribution in [1.29, 1.82) is 0 Å². The molecule has 4 nitrogen and oxygen atoms in total. The summed E-state index contributed by atoms with van der Waals surface area (Å²) in [4.78, 5) is 0.283. The lowest BCUT2D eigenvalue weighted by atomic mass is 10.1. The zero-order valence-corrected chi connectivity index (χ0v) is 12.4. The quantitative estimate of drug-likeness (QED) is 0.857. The highest BCUT2D eigenvalue weighted by Gasteiger charge is 2.18. The number of sulfonamides is 1. The molecule has 2 aromatic rings. The third-order valence-corrected chi connectivity index (χ3v) is 4.79. The van der Waals surface area contributed by atoms with Crippen molar-refractivity contribution >= 4 is 20.8 Å². The lowest BCUT2D eigenvalue weighted by Crippen LogP contribution is -2.39. The van der Waals surface area contributed by atoms with Crippen molar-refractivity contribution < 1.29 is 8.42 Å². The van der Waals surface area contributed by atoms with E-state index in [4.69, 9.17) is 5.73 Å². The molecule has 0 spiro atoms. The zero-order valence-electron chi connectivity index (χ0n) is 11.5. The molecule has 0 aromatic heterocycles. The van der Waals surface area contributed by atoms with E-state index in [-0.39, 0.29) is 10.9 Å². The van der Waals surface area contributed by atoms with E-state index in [1.807, 2.05) is 37.3 Å². The van der Waals surface area contributed by atoms with E-state index in [1.165, 1.54) is 0 Å². The molecular weight excluding hydrogens is 272 g/mol. The molecule has 1 unspecified atom stereocenters. The molecule has 5 heteroatoms. The number of hydrogen-bond acceptors (Lipinski definition) is 3. The Bertz CT molecular complexity index is 683. The van der Waals surface area contributed by atoms with Gasteiger partial charge in [0.15, 0.2) is 0 Å². The van der Waals surface area contributed by atoms with Gasteiger partial charge in [-0.3, -0.25) is 0 Å². The Morgan fingerprint density at radius 2 is 1.85 bits per heavy atom. The fourth-order valence-electron chi connectivity index (χ4n) is 2.20. The molecule has 0 fully saturated rings. The van der Waals surface area contributed by atoms with Gasteiger partial charge >= 0.3 is 0 Å². The van der Waals surface area contributed by atoms with Crippen molar-refractivity contribution in [1.82, 2.24) is 4.72 Å². The van der Waals surface area contributed by atoms with Gasteiger partial charge in [-0.2, -0.15) is 0 Å². The van der Waals surface area contributed by atoms with Crippen LogP contribution in [-0.4, -0.2) is 21.0 Å². The van der Waals surface area contributed by atoms with Crippen molar-refractivity contribution in [2.45, 2.75) is 30.7 Å². The monoisotopic (exact) mass is 292 g/mol. The van der Waals surface area contributed by atoms with E-state index >= 15 is 0 Å². The lowest BCUT2D eigenvalue weighted by molar-refractivity contribution is 0.527. The Morgan fingerprint density at radius 3 is 2.50 bits per heavy atom. The first kappa shape index (κ1) is 15.0. The average molecular weight is 292 g/mol. The highest BCUT2D eigenvalue weighted by molar-refractivity contribution is 7.89. The van der Waals surface area contributed by atoms with E-state index in [9.17, 15) is 8.42 Å². The summed E-state index contributed by atoms with van der Waals surface area (Å²) < 4.78 is 27.4. The molecule has 3 N–H and O–H groups in total. The van der Waals surface area contributed by atoms with Crippen LogP contribution in [0.15, 0.2) is 47.4 Å². The van der Waals surface area contributed by atoms with Gasteiger partial charge in [0.05, 0.1) is 4.90 Å². The van der Waals surface area contributed by atoms with Crippen LogP contribution in [0.4, 0.5) is 0 Å². The first-order valence-corrected chi connectivity index (χ1v) is 8.26. The Kier molecular flexibility index (Phi) is 4.75. The summed E-state index contributed by atoms with van der Waals surface area (Å²) in [7, 11) is -3.52. The molecule has 0 heterocycles. The van der Waals surface area contributed by atoms with Gasteiger partial charge in [-0.1, -0.05) is 43.7 Å². The van der Waals surface area contributed by atoms with Gasteiger partial charge in [0, 0.05) is 12.6 Å². The van der Waals surface area contributed by atoms with Gasteiger partial charge in [0.1, 0.15) is 0 Å². The first-order chi connectivity index (χ1) is 9.56. The molecule has 108 valence electrons. The average Bonchev–Trinajstić information content (AvgIpc) is 2.46. The van der Waals surface area contributed by atoms with Crippen LogP contribution in [0.1, 0.15) is 19.8 Å². The largest absolute Gasteiger partial charge is 0.329 e. The maximum Gasteiger partial charge on any atom is 0.240 e. The fourth-order valence-corrected chi connectivity index (χ4v) is 3.51. The Hall–Kier alpha value is -1.43. The summed E-state index contributed by atoms with van der Waals surface area (Å²) in [5.41, 5.74) is 5.61. The summed E-state index contributed by atoms with van der Waals surface area (Å²) in [5.74, 6) is 0. The normalized spacial score (nSPS) is 13.5. The van der Waals surface area contributed by atoms with Crippen LogP contribution in [0.2, 0.25) is 0 Å². The van der Waals surface area contributed by atoms with Gasteiger partial charge in [0.2, 0.25) is 10.0 Å². The minimum Gasteiger partial charge on any atom is -0.329 e. The second kappa shape index (κ2) is 6.35. The van der Waals surface area contributed by atoms with Gasteiger partial charge in [-0.25, -0.2) is 13.1 Å². The van der Waals surface area contributed by atoms with Crippen molar-refractivity contribution in [2.75, 3.05) is 6.54 Å². The van der Waals surface area contributed by atoms with E-state index in [1.54, 1.807) is 12.1 Å². The summed E-state index contributed by atoms with van der Waals surface area (Å²) in [6.07, 6.45) is 1.63. The molecule has 0 aliphatic heterocycles. The number of benzene rings is 2. The molecule has 0 radical (unpaired) electrons. The van der Waals surface area contributed by atoms with Crippen molar-refractivity contribution in [3.8, 4) is 0 Å². The van der Waals surface area contributed by atoms with Crippen LogP contribution in [-0.2, 0) is 10.0 Å². The molecule has 0 aliphatic carbocycles. The Balaban J connectivity index is 2.31. The third kappa shape index (κ3) is 3.36. The Morgan fingerprint density at radius 1 is 1.15 bits per heavy atom. The van der Waals surface area contributed by atoms with E-state index in [0.29, 0.717) is 6.54 Å². The standard InChI is InChI=1S/C15H20N2O2S/c1-2-5-14(11-16)17-20(18,19)15-9-8-12-6-3-4-7-13(12)10-15/h3-4,6-10,14,17H,2,5,11,16H2,1H3. The van der Waals surface area contributed by atoms with Gasteiger partial charge in [0.25, 0.3) is 0 Å². The van der Waals surface area contributed by atoms with Crippen LogP contribution in [0, 0.1) is 0 Å². The minimum absolute atomic E-state index is 0.212.